The number of phenols is 1. The van der Waals surface area contributed by atoms with Gasteiger partial charge >= 0.3 is 0 Å². The summed E-state index contributed by atoms with van der Waals surface area (Å²) >= 11 is 5.57. The van der Waals surface area contributed by atoms with Gasteiger partial charge in [0.2, 0.25) is 0 Å². The Hall–Kier alpha value is -1.34. The zero-order chi connectivity index (χ0) is 18.7. The summed E-state index contributed by atoms with van der Waals surface area (Å²) < 4.78 is 3.68. The van der Waals surface area contributed by atoms with Crippen LogP contribution in [0.4, 0.5) is 0 Å². The van der Waals surface area contributed by atoms with Crippen molar-refractivity contribution in [1.29, 1.82) is 0 Å². The molecule has 134 valence electrons. The zero-order valence-electron chi connectivity index (χ0n) is 13.6. The molecule has 2 aromatic carbocycles. The molecule has 0 atom stereocenters. The first kappa shape index (κ1) is 19.4. The van der Waals surface area contributed by atoms with E-state index in [9.17, 15) is 9.90 Å². The van der Waals surface area contributed by atoms with Gasteiger partial charge in [-0.1, -0.05) is 23.9 Å². The molecule has 0 aliphatic heterocycles. The normalized spacial score (nSPS) is 11.3. The van der Waals surface area contributed by atoms with E-state index in [2.05, 4.69) is 60.7 Å². The number of imidazole rings is 1. The molecule has 1 amide bonds. The van der Waals surface area contributed by atoms with Crippen molar-refractivity contribution < 1.29 is 9.90 Å². The third kappa shape index (κ3) is 4.49. The monoisotopic (exact) mass is 592 g/mol. The van der Waals surface area contributed by atoms with Crippen LogP contribution in [0.1, 0.15) is 5.56 Å². The number of hydrazone groups is 1. The number of aryl methyl sites for hydroxylation is 1. The smallest absolute Gasteiger partial charge is 0.250 e. The van der Waals surface area contributed by atoms with Crippen LogP contribution in [0.3, 0.4) is 0 Å². The van der Waals surface area contributed by atoms with Crippen LogP contribution in [-0.2, 0) is 11.8 Å². The lowest BCUT2D eigenvalue weighted by molar-refractivity contribution is -0.118. The first-order valence-corrected chi connectivity index (χ1v) is 10.6. The minimum atomic E-state index is -0.238. The second-order valence-corrected chi connectivity index (χ2v) is 8.70. The number of carbonyl (C=O) groups excluding carboxylic acids is 1. The van der Waals surface area contributed by atoms with E-state index in [4.69, 9.17) is 0 Å². The number of amides is 1. The molecule has 9 heteroatoms. The van der Waals surface area contributed by atoms with Gasteiger partial charge in [-0.25, -0.2) is 10.4 Å². The maximum atomic E-state index is 12.0. The van der Waals surface area contributed by atoms with Crippen LogP contribution in [0.5, 0.6) is 5.75 Å². The van der Waals surface area contributed by atoms with E-state index in [-0.39, 0.29) is 17.4 Å². The third-order valence-electron chi connectivity index (χ3n) is 3.53. The molecule has 0 spiro atoms. The molecule has 0 radical (unpaired) electrons. The molecular weight excluding hydrogens is 578 g/mol. The van der Waals surface area contributed by atoms with E-state index in [1.165, 1.54) is 18.0 Å². The van der Waals surface area contributed by atoms with E-state index >= 15 is 0 Å². The number of nitrogens with one attached hydrogen (secondary N) is 1. The van der Waals surface area contributed by atoms with Gasteiger partial charge in [-0.2, -0.15) is 5.10 Å². The van der Waals surface area contributed by atoms with Crippen LogP contribution in [0.25, 0.3) is 11.0 Å². The average Bonchev–Trinajstić information content (AvgIpc) is 2.93. The Labute approximate surface area is 181 Å². The van der Waals surface area contributed by atoms with Crippen molar-refractivity contribution in [3.05, 3.63) is 49.1 Å². The van der Waals surface area contributed by atoms with E-state index in [0.29, 0.717) is 5.56 Å². The molecule has 0 unspecified atom stereocenters. The number of hydrogen-bond donors (Lipinski definition) is 2. The van der Waals surface area contributed by atoms with Crippen molar-refractivity contribution in [2.75, 3.05) is 5.75 Å². The van der Waals surface area contributed by atoms with Crippen molar-refractivity contribution in [3.8, 4) is 5.75 Å². The van der Waals surface area contributed by atoms with Crippen molar-refractivity contribution in [1.82, 2.24) is 15.0 Å². The highest BCUT2D eigenvalue weighted by Gasteiger charge is 2.10. The average molecular weight is 592 g/mol. The van der Waals surface area contributed by atoms with Crippen LogP contribution in [0.2, 0.25) is 0 Å². The summed E-state index contributed by atoms with van der Waals surface area (Å²) in [4.78, 5) is 16.5. The highest BCUT2D eigenvalue weighted by molar-refractivity contribution is 14.1. The second-order valence-electron chi connectivity index (χ2n) is 5.35. The number of fused-ring (bicyclic) bond motifs is 1. The SMILES string of the molecule is Cn1c(SCC(=O)NN=Cc2cc(I)cc(I)c2O)nc2ccccc21. The number of carbonyl (C=O) groups is 1. The molecule has 6 nitrogen and oxygen atoms in total. The predicted octanol–water partition coefficient (Wildman–Crippen LogP) is 3.73. The zero-order valence-corrected chi connectivity index (χ0v) is 18.7. The molecule has 0 saturated carbocycles. The van der Waals surface area contributed by atoms with Crippen LogP contribution in [0, 0.1) is 7.14 Å². The fourth-order valence-electron chi connectivity index (χ4n) is 2.27. The van der Waals surface area contributed by atoms with Crippen LogP contribution in [0.15, 0.2) is 46.7 Å². The van der Waals surface area contributed by atoms with Crippen molar-refractivity contribution in [2.45, 2.75) is 5.16 Å². The molecule has 0 aliphatic rings. The number of hydrogen-bond acceptors (Lipinski definition) is 5. The molecule has 0 fully saturated rings. The van der Waals surface area contributed by atoms with Gasteiger partial charge in [0.1, 0.15) is 5.75 Å². The minimum Gasteiger partial charge on any atom is -0.506 e. The topological polar surface area (TPSA) is 79.5 Å². The molecule has 26 heavy (non-hydrogen) atoms. The summed E-state index contributed by atoms with van der Waals surface area (Å²) in [6.07, 6.45) is 1.44. The first-order chi connectivity index (χ1) is 12.5. The van der Waals surface area contributed by atoms with Crippen molar-refractivity contribution in [2.24, 2.45) is 12.1 Å². The number of aromatic nitrogens is 2. The van der Waals surface area contributed by atoms with Gasteiger partial charge in [-0.05, 0) is 69.4 Å². The van der Waals surface area contributed by atoms with Gasteiger partial charge < -0.3 is 9.67 Å². The van der Waals surface area contributed by atoms with Crippen molar-refractivity contribution >= 4 is 80.1 Å². The lowest BCUT2D eigenvalue weighted by Gasteiger charge is -2.03. The molecule has 3 aromatic rings. The van der Waals surface area contributed by atoms with Crippen LogP contribution < -0.4 is 5.43 Å². The Kier molecular flexibility index (Phi) is 6.40. The first-order valence-electron chi connectivity index (χ1n) is 7.50. The number of nitrogens with zero attached hydrogens (tertiary/aromatic N) is 3. The summed E-state index contributed by atoms with van der Waals surface area (Å²) in [5.41, 5.74) is 4.96. The van der Waals surface area contributed by atoms with E-state index in [0.717, 1.165) is 23.3 Å². The molecule has 3 rings (SSSR count). The maximum absolute atomic E-state index is 12.0. The number of para-hydroxylation sites is 2. The molecule has 1 heterocycles. The Morgan fingerprint density at radius 1 is 1.38 bits per heavy atom. The Balaban J connectivity index is 1.60. The van der Waals surface area contributed by atoms with E-state index in [1.807, 2.05) is 41.9 Å². The molecule has 2 N–H and O–H groups in total. The van der Waals surface area contributed by atoms with Crippen LogP contribution >= 0.6 is 56.9 Å². The number of rotatable bonds is 5. The highest BCUT2D eigenvalue weighted by atomic mass is 127. The van der Waals surface area contributed by atoms with E-state index < -0.39 is 0 Å². The number of aromatic hydroxyl groups is 1. The number of benzene rings is 2. The molecule has 0 bridgehead atoms. The largest absolute Gasteiger partial charge is 0.506 e. The minimum absolute atomic E-state index is 0.151. The standard InChI is InChI=1S/C17H14I2N4O2S/c1-23-14-5-3-2-4-13(14)21-17(23)26-9-15(24)22-20-8-10-6-11(18)7-12(19)16(10)25/h2-8,25H,9H2,1H3,(H,22,24). The molecule has 0 aliphatic carbocycles. The van der Waals surface area contributed by atoms with Gasteiger partial charge in [0.15, 0.2) is 5.16 Å². The van der Waals surface area contributed by atoms with Gasteiger partial charge in [-0.3, -0.25) is 4.79 Å². The molecule has 1 aromatic heterocycles. The van der Waals surface area contributed by atoms with Crippen LogP contribution in [-0.4, -0.2) is 32.5 Å². The van der Waals surface area contributed by atoms with Crippen molar-refractivity contribution in [3.63, 3.8) is 0 Å². The quantitative estimate of drug-likeness (QED) is 0.205. The Bertz CT molecular complexity index is 1000. The number of halogens is 2. The number of phenolic OH excluding ortho intramolecular Hbond substituents is 1. The van der Waals surface area contributed by atoms with Gasteiger partial charge in [0.25, 0.3) is 5.91 Å². The maximum Gasteiger partial charge on any atom is 0.250 e. The summed E-state index contributed by atoms with van der Waals surface area (Å²) in [6, 6.07) is 11.5. The third-order valence-corrected chi connectivity index (χ3v) is 6.00. The molecule has 0 saturated heterocycles. The summed E-state index contributed by atoms with van der Waals surface area (Å²) in [5, 5.41) is 14.7. The fourth-order valence-corrected chi connectivity index (χ4v) is 4.94. The lowest BCUT2D eigenvalue weighted by atomic mass is 10.2. The Morgan fingerprint density at radius 3 is 2.92 bits per heavy atom. The fraction of sp³-hybridized carbons (Fsp3) is 0.118. The number of thioether (sulfide) groups is 1. The van der Waals surface area contributed by atoms with Gasteiger partial charge in [0.05, 0.1) is 26.6 Å². The summed E-state index contributed by atoms with van der Waals surface area (Å²) in [6.45, 7) is 0. The predicted molar refractivity (Wildman–Crippen MR) is 121 cm³/mol. The summed E-state index contributed by atoms with van der Waals surface area (Å²) in [7, 11) is 1.93. The lowest BCUT2D eigenvalue weighted by Crippen LogP contribution is -2.19. The Morgan fingerprint density at radius 2 is 2.15 bits per heavy atom. The van der Waals surface area contributed by atoms with E-state index in [1.54, 1.807) is 6.07 Å². The highest BCUT2D eigenvalue weighted by Crippen LogP contribution is 2.25. The molecular formula is C17H14I2N4O2S. The van der Waals surface area contributed by atoms with Gasteiger partial charge in [-0.15, -0.1) is 0 Å². The second kappa shape index (κ2) is 8.57. The summed E-state index contributed by atoms with van der Waals surface area (Å²) in [5.74, 6) is 0.112. The van der Waals surface area contributed by atoms with Gasteiger partial charge in [0, 0.05) is 16.2 Å².